The van der Waals surface area contributed by atoms with Gasteiger partial charge in [0.2, 0.25) is 0 Å². The summed E-state index contributed by atoms with van der Waals surface area (Å²) in [5, 5.41) is 2.95. The smallest absolute Gasteiger partial charge is 0.255 e. The Kier molecular flexibility index (Phi) is 5.06. The van der Waals surface area contributed by atoms with Crippen LogP contribution in [-0.4, -0.2) is 19.0 Å². The molecule has 4 heteroatoms. The number of amides is 1. The molecule has 1 amide bonds. The molecule has 3 aromatic carbocycles. The van der Waals surface area contributed by atoms with Crippen molar-refractivity contribution in [2.45, 2.75) is 12.8 Å². The van der Waals surface area contributed by atoms with E-state index in [1.807, 2.05) is 72.8 Å². The fourth-order valence-electron chi connectivity index (χ4n) is 3.25. The first-order valence-corrected chi connectivity index (χ1v) is 9.27. The van der Waals surface area contributed by atoms with E-state index in [1.165, 1.54) is 12.8 Å². The van der Waals surface area contributed by atoms with E-state index in [1.54, 1.807) is 0 Å². The van der Waals surface area contributed by atoms with Gasteiger partial charge in [0, 0.05) is 30.0 Å². The molecule has 4 rings (SSSR count). The Balaban J connectivity index is 1.41. The predicted molar refractivity (Wildman–Crippen MR) is 109 cm³/mol. The van der Waals surface area contributed by atoms with E-state index < -0.39 is 0 Å². The Labute approximate surface area is 159 Å². The van der Waals surface area contributed by atoms with Crippen molar-refractivity contribution in [3.8, 4) is 11.5 Å². The number of nitrogens with one attached hydrogen (secondary N) is 1. The standard InChI is InChI=1S/C23H22N2O2/c26-23(18-7-6-8-20(17-18)25-15-4-5-16-25)24-19-11-13-22(14-12-19)27-21-9-2-1-3-10-21/h1-3,6-14,17H,4-5,15-16H2,(H,24,26). The Hall–Kier alpha value is -3.27. The van der Waals surface area contributed by atoms with Crippen molar-refractivity contribution < 1.29 is 9.53 Å². The second kappa shape index (κ2) is 7.96. The van der Waals surface area contributed by atoms with Crippen LogP contribution in [0.4, 0.5) is 11.4 Å². The molecular formula is C23H22N2O2. The lowest BCUT2D eigenvalue weighted by molar-refractivity contribution is 0.102. The summed E-state index contributed by atoms with van der Waals surface area (Å²) in [6.45, 7) is 2.13. The minimum atomic E-state index is -0.104. The highest BCUT2D eigenvalue weighted by atomic mass is 16.5. The minimum absolute atomic E-state index is 0.104. The van der Waals surface area contributed by atoms with Crippen LogP contribution in [0.15, 0.2) is 78.9 Å². The van der Waals surface area contributed by atoms with Crippen LogP contribution in [-0.2, 0) is 0 Å². The lowest BCUT2D eigenvalue weighted by Crippen LogP contribution is -2.18. The summed E-state index contributed by atoms with van der Waals surface area (Å²) in [5.74, 6) is 1.41. The van der Waals surface area contributed by atoms with Gasteiger partial charge in [-0.3, -0.25) is 4.79 Å². The molecule has 0 spiro atoms. The van der Waals surface area contributed by atoms with Gasteiger partial charge in [0.1, 0.15) is 11.5 Å². The van der Waals surface area contributed by atoms with Crippen LogP contribution in [0.5, 0.6) is 11.5 Å². The summed E-state index contributed by atoms with van der Waals surface area (Å²) in [7, 11) is 0. The summed E-state index contributed by atoms with van der Waals surface area (Å²) < 4.78 is 5.78. The number of ether oxygens (including phenoxy) is 1. The fraction of sp³-hybridized carbons (Fsp3) is 0.174. The first-order valence-electron chi connectivity index (χ1n) is 9.27. The normalized spacial score (nSPS) is 13.4. The van der Waals surface area contributed by atoms with E-state index in [2.05, 4.69) is 16.3 Å². The highest BCUT2D eigenvalue weighted by Gasteiger charge is 2.14. The molecule has 0 aromatic heterocycles. The largest absolute Gasteiger partial charge is 0.457 e. The number of para-hydroxylation sites is 1. The third-order valence-electron chi connectivity index (χ3n) is 4.67. The number of benzene rings is 3. The fourth-order valence-corrected chi connectivity index (χ4v) is 3.25. The third kappa shape index (κ3) is 4.29. The van der Waals surface area contributed by atoms with Crippen molar-refractivity contribution in [3.63, 3.8) is 0 Å². The highest BCUT2D eigenvalue weighted by molar-refractivity contribution is 6.04. The Morgan fingerprint density at radius 3 is 2.26 bits per heavy atom. The summed E-state index contributed by atoms with van der Waals surface area (Å²) in [5.41, 5.74) is 2.53. The van der Waals surface area contributed by atoms with Crippen LogP contribution < -0.4 is 15.0 Å². The molecule has 1 N–H and O–H groups in total. The van der Waals surface area contributed by atoms with Gasteiger partial charge in [0.05, 0.1) is 0 Å². The molecular weight excluding hydrogens is 336 g/mol. The molecule has 136 valence electrons. The van der Waals surface area contributed by atoms with Gasteiger partial charge in [-0.2, -0.15) is 0 Å². The van der Waals surface area contributed by atoms with Gasteiger partial charge in [-0.15, -0.1) is 0 Å². The quantitative estimate of drug-likeness (QED) is 0.670. The molecule has 1 heterocycles. The van der Waals surface area contributed by atoms with E-state index in [0.717, 1.165) is 36.0 Å². The maximum Gasteiger partial charge on any atom is 0.255 e. The molecule has 1 aliphatic rings. The number of anilines is 2. The second-order valence-corrected chi connectivity index (χ2v) is 6.64. The molecule has 0 saturated carbocycles. The van der Waals surface area contributed by atoms with Gasteiger partial charge in [-0.25, -0.2) is 0 Å². The van der Waals surface area contributed by atoms with Gasteiger partial charge in [-0.1, -0.05) is 24.3 Å². The van der Waals surface area contributed by atoms with Gasteiger partial charge < -0.3 is 15.0 Å². The van der Waals surface area contributed by atoms with Crippen molar-refractivity contribution in [2.24, 2.45) is 0 Å². The van der Waals surface area contributed by atoms with E-state index in [-0.39, 0.29) is 5.91 Å². The van der Waals surface area contributed by atoms with E-state index in [9.17, 15) is 4.79 Å². The number of hydrogen-bond donors (Lipinski definition) is 1. The summed E-state index contributed by atoms with van der Waals surface area (Å²) >= 11 is 0. The van der Waals surface area contributed by atoms with Crippen LogP contribution in [0.25, 0.3) is 0 Å². The van der Waals surface area contributed by atoms with Crippen LogP contribution in [0, 0.1) is 0 Å². The average molecular weight is 358 g/mol. The van der Waals surface area contributed by atoms with Crippen molar-refractivity contribution >= 4 is 17.3 Å². The number of carbonyl (C=O) groups is 1. The first kappa shape index (κ1) is 17.2. The summed E-state index contributed by atoms with van der Waals surface area (Å²) in [6, 6.07) is 24.8. The topological polar surface area (TPSA) is 41.6 Å². The van der Waals surface area contributed by atoms with Crippen LogP contribution in [0.2, 0.25) is 0 Å². The first-order chi connectivity index (χ1) is 13.3. The van der Waals surface area contributed by atoms with Crippen molar-refractivity contribution in [1.82, 2.24) is 0 Å². The van der Waals surface area contributed by atoms with Crippen LogP contribution >= 0.6 is 0 Å². The number of rotatable bonds is 5. The van der Waals surface area contributed by atoms with Gasteiger partial charge >= 0.3 is 0 Å². The predicted octanol–water partition coefficient (Wildman–Crippen LogP) is 5.33. The van der Waals surface area contributed by atoms with E-state index in [4.69, 9.17) is 4.74 Å². The monoisotopic (exact) mass is 358 g/mol. The number of hydrogen-bond acceptors (Lipinski definition) is 3. The second-order valence-electron chi connectivity index (χ2n) is 6.64. The Morgan fingerprint density at radius 1 is 0.815 bits per heavy atom. The summed E-state index contributed by atoms with van der Waals surface area (Å²) in [6.07, 6.45) is 2.43. The molecule has 0 atom stereocenters. The molecule has 27 heavy (non-hydrogen) atoms. The number of carbonyl (C=O) groups excluding carboxylic acids is 1. The van der Waals surface area contributed by atoms with Gasteiger partial charge in [0.25, 0.3) is 5.91 Å². The lowest BCUT2D eigenvalue weighted by Gasteiger charge is -2.18. The molecule has 0 bridgehead atoms. The average Bonchev–Trinajstić information content (AvgIpc) is 3.25. The molecule has 0 unspecified atom stereocenters. The molecule has 1 fully saturated rings. The molecule has 1 saturated heterocycles. The highest BCUT2D eigenvalue weighted by Crippen LogP contribution is 2.24. The zero-order valence-corrected chi connectivity index (χ0v) is 15.1. The third-order valence-corrected chi connectivity index (χ3v) is 4.67. The molecule has 0 radical (unpaired) electrons. The van der Waals surface area contributed by atoms with Gasteiger partial charge in [0.15, 0.2) is 0 Å². The van der Waals surface area contributed by atoms with Gasteiger partial charge in [-0.05, 0) is 67.4 Å². The maximum atomic E-state index is 12.6. The number of nitrogens with zero attached hydrogens (tertiary/aromatic N) is 1. The van der Waals surface area contributed by atoms with Crippen molar-refractivity contribution in [3.05, 3.63) is 84.4 Å². The Morgan fingerprint density at radius 2 is 1.52 bits per heavy atom. The van der Waals surface area contributed by atoms with Crippen molar-refractivity contribution in [1.29, 1.82) is 0 Å². The lowest BCUT2D eigenvalue weighted by atomic mass is 10.1. The van der Waals surface area contributed by atoms with Crippen LogP contribution in [0.3, 0.4) is 0 Å². The summed E-state index contributed by atoms with van der Waals surface area (Å²) in [4.78, 5) is 14.9. The molecule has 1 aliphatic heterocycles. The van der Waals surface area contributed by atoms with E-state index >= 15 is 0 Å². The maximum absolute atomic E-state index is 12.6. The van der Waals surface area contributed by atoms with Crippen molar-refractivity contribution in [2.75, 3.05) is 23.3 Å². The molecule has 0 aliphatic carbocycles. The zero-order valence-electron chi connectivity index (χ0n) is 15.1. The SMILES string of the molecule is O=C(Nc1ccc(Oc2ccccc2)cc1)c1cccc(N2CCCC2)c1. The molecule has 3 aromatic rings. The van der Waals surface area contributed by atoms with Crippen LogP contribution in [0.1, 0.15) is 23.2 Å². The Bertz CT molecular complexity index is 901. The van der Waals surface area contributed by atoms with E-state index in [0.29, 0.717) is 5.56 Å². The zero-order chi connectivity index (χ0) is 18.5. The molecule has 4 nitrogen and oxygen atoms in total. The minimum Gasteiger partial charge on any atom is -0.457 e.